The van der Waals surface area contributed by atoms with Gasteiger partial charge in [0.2, 0.25) is 0 Å². The lowest BCUT2D eigenvalue weighted by Gasteiger charge is -2.26. The van der Waals surface area contributed by atoms with Crippen LogP contribution in [0.3, 0.4) is 0 Å². The van der Waals surface area contributed by atoms with Gasteiger partial charge in [0, 0.05) is 31.6 Å². The van der Waals surface area contributed by atoms with E-state index in [1.165, 1.54) is 22.4 Å². The molecule has 0 unspecified atom stereocenters. The van der Waals surface area contributed by atoms with Gasteiger partial charge in [-0.15, -0.1) is 0 Å². The molecule has 0 aromatic carbocycles. The Balaban J connectivity index is 1.82. The smallest absolute Gasteiger partial charge is 0.366 e. The molecular weight excluding hydrogens is 320 g/mol. The molecular formula is C14H16N4O4S. The Bertz CT molecular complexity index is 773. The molecule has 1 fully saturated rings. The SMILES string of the molecule is O=c1c([N+](=O)[O-])c(SCCN2CCOCC2)nc2ccccn12. The molecule has 0 spiro atoms. The molecule has 0 atom stereocenters. The highest BCUT2D eigenvalue weighted by atomic mass is 32.2. The first kappa shape index (κ1) is 15.9. The summed E-state index contributed by atoms with van der Waals surface area (Å²) in [7, 11) is 0. The molecule has 9 heteroatoms. The minimum atomic E-state index is -0.647. The van der Waals surface area contributed by atoms with E-state index in [9.17, 15) is 14.9 Å². The zero-order valence-electron chi connectivity index (χ0n) is 12.4. The van der Waals surface area contributed by atoms with Gasteiger partial charge in [0.1, 0.15) is 5.65 Å². The van der Waals surface area contributed by atoms with Crippen LogP contribution in [0.1, 0.15) is 0 Å². The third kappa shape index (κ3) is 3.52. The van der Waals surface area contributed by atoms with E-state index in [1.54, 1.807) is 18.2 Å². The largest absolute Gasteiger partial charge is 0.379 e. The maximum atomic E-state index is 12.3. The first-order valence-electron chi connectivity index (χ1n) is 7.25. The second kappa shape index (κ2) is 7.07. The van der Waals surface area contributed by atoms with Crippen LogP contribution < -0.4 is 5.56 Å². The third-order valence-corrected chi connectivity index (χ3v) is 4.56. The van der Waals surface area contributed by atoms with Crippen LogP contribution in [0.4, 0.5) is 5.69 Å². The fourth-order valence-corrected chi connectivity index (χ4v) is 3.41. The summed E-state index contributed by atoms with van der Waals surface area (Å²) in [5.74, 6) is 0.635. The molecule has 8 nitrogen and oxygen atoms in total. The normalized spacial score (nSPS) is 15.8. The number of pyridine rings is 1. The number of morpholine rings is 1. The topological polar surface area (TPSA) is 90.0 Å². The molecule has 0 bridgehead atoms. The van der Waals surface area contributed by atoms with Crippen molar-refractivity contribution in [2.75, 3.05) is 38.6 Å². The van der Waals surface area contributed by atoms with Crippen molar-refractivity contribution in [3.8, 4) is 0 Å². The molecule has 2 aromatic rings. The van der Waals surface area contributed by atoms with E-state index in [2.05, 4.69) is 9.88 Å². The van der Waals surface area contributed by atoms with E-state index >= 15 is 0 Å². The summed E-state index contributed by atoms with van der Waals surface area (Å²) >= 11 is 1.25. The van der Waals surface area contributed by atoms with Gasteiger partial charge in [0.25, 0.3) is 0 Å². The number of rotatable bonds is 5. The fraction of sp³-hybridized carbons (Fsp3) is 0.429. The average molecular weight is 336 g/mol. The molecule has 1 saturated heterocycles. The Hall–Kier alpha value is -1.97. The zero-order valence-corrected chi connectivity index (χ0v) is 13.2. The summed E-state index contributed by atoms with van der Waals surface area (Å²) in [5, 5.41) is 11.4. The molecule has 3 heterocycles. The van der Waals surface area contributed by atoms with Crippen LogP contribution in [0.2, 0.25) is 0 Å². The van der Waals surface area contributed by atoms with Crippen LogP contribution in [0.5, 0.6) is 0 Å². The van der Waals surface area contributed by atoms with Crippen molar-refractivity contribution in [3.63, 3.8) is 0 Å². The number of nitro groups is 1. The molecule has 0 radical (unpaired) electrons. The number of thioether (sulfide) groups is 1. The maximum Gasteiger partial charge on any atom is 0.366 e. The molecule has 0 amide bonds. The van der Waals surface area contributed by atoms with Gasteiger partial charge in [0.05, 0.1) is 18.1 Å². The van der Waals surface area contributed by atoms with E-state index in [4.69, 9.17) is 4.74 Å². The molecule has 0 aliphatic carbocycles. The number of nitrogens with zero attached hydrogens (tertiary/aromatic N) is 4. The molecule has 3 rings (SSSR count). The highest BCUT2D eigenvalue weighted by molar-refractivity contribution is 7.99. The molecule has 1 aliphatic heterocycles. The molecule has 23 heavy (non-hydrogen) atoms. The van der Waals surface area contributed by atoms with Gasteiger partial charge in [-0.25, -0.2) is 4.98 Å². The predicted molar refractivity (Wildman–Crippen MR) is 86.1 cm³/mol. The zero-order chi connectivity index (χ0) is 16.2. The van der Waals surface area contributed by atoms with Gasteiger partial charge in [-0.3, -0.25) is 24.2 Å². The third-order valence-electron chi connectivity index (χ3n) is 3.61. The minimum absolute atomic E-state index is 0.180. The summed E-state index contributed by atoms with van der Waals surface area (Å²) in [5.41, 5.74) is -0.688. The Kier molecular flexibility index (Phi) is 4.89. The monoisotopic (exact) mass is 336 g/mol. The first-order valence-corrected chi connectivity index (χ1v) is 8.24. The van der Waals surface area contributed by atoms with Crippen molar-refractivity contribution in [1.29, 1.82) is 0 Å². The van der Waals surface area contributed by atoms with Crippen LogP contribution >= 0.6 is 11.8 Å². The molecule has 122 valence electrons. The second-order valence-electron chi connectivity index (χ2n) is 5.06. The number of aromatic nitrogens is 2. The summed E-state index contributed by atoms with van der Waals surface area (Å²) in [6, 6.07) is 5.05. The van der Waals surface area contributed by atoms with Gasteiger partial charge in [-0.05, 0) is 12.1 Å². The minimum Gasteiger partial charge on any atom is -0.379 e. The van der Waals surface area contributed by atoms with Crippen LogP contribution in [0.15, 0.2) is 34.2 Å². The van der Waals surface area contributed by atoms with Crippen molar-refractivity contribution >= 4 is 23.1 Å². The maximum absolute atomic E-state index is 12.3. The Morgan fingerprint density at radius 1 is 1.35 bits per heavy atom. The van der Waals surface area contributed by atoms with Gasteiger partial charge in [0.15, 0.2) is 5.03 Å². The summed E-state index contributed by atoms with van der Waals surface area (Å²) in [4.78, 5) is 29.4. The van der Waals surface area contributed by atoms with E-state index in [0.717, 1.165) is 19.6 Å². The number of ether oxygens (including phenoxy) is 1. The van der Waals surface area contributed by atoms with E-state index in [-0.39, 0.29) is 5.03 Å². The second-order valence-corrected chi connectivity index (χ2v) is 6.14. The van der Waals surface area contributed by atoms with Crippen LogP contribution in [-0.2, 0) is 4.74 Å². The highest BCUT2D eigenvalue weighted by Gasteiger charge is 2.23. The quantitative estimate of drug-likeness (QED) is 0.348. The Morgan fingerprint density at radius 2 is 2.13 bits per heavy atom. The van der Waals surface area contributed by atoms with E-state index in [1.807, 2.05) is 0 Å². The summed E-state index contributed by atoms with van der Waals surface area (Å²) < 4.78 is 6.48. The molecule has 0 N–H and O–H groups in total. The predicted octanol–water partition coefficient (Wildman–Crippen LogP) is 1.03. The summed E-state index contributed by atoms with van der Waals surface area (Å²) in [6.45, 7) is 3.91. The number of hydrogen-bond acceptors (Lipinski definition) is 7. The molecule has 1 aliphatic rings. The Morgan fingerprint density at radius 3 is 2.87 bits per heavy atom. The van der Waals surface area contributed by atoms with Gasteiger partial charge < -0.3 is 4.74 Å². The molecule has 0 saturated carbocycles. The van der Waals surface area contributed by atoms with Crippen molar-refractivity contribution in [1.82, 2.24) is 14.3 Å². The van der Waals surface area contributed by atoms with Crippen molar-refractivity contribution in [3.05, 3.63) is 44.9 Å². The van der Waals surface area contributed by atoms with Crippen LogP contribution in [0.25, 0.3) is 5.65 Å². The van der Waals surface area contributed by atoms with Crippen molar-refractivity contribution < 1.29 is 9.66 Å². The number of fused-ring (bicyclic) bond motifs is 1. The van der Waals surface area contributed by atoms with E-state index in [0.29, 0.717) is 24.6 Å². The van der Waals surface area contributed by atoms with Crippen molar-refractivity contribution in [2.45, 2.75) is 5.03 Å². The lowest BCUT2D eigenvalue weighted by Crippen LogP contribution is -2.37. The number of hydrogen-bond donors (Lipinski definition) is 0. The Labute approximate surface area is 136 Å². The van der Waals surface area contributed by atoms with Gasteiger partial charge in [-0.1, -0.05) is 17.8 Å². The van der Waals surface area contributed by atoms with Gasteiger partial charge >= 0.3 is 11.2 Å². The van der Waals surface area contributed by atoms with Crippen molar-refractivity contribution in [2.24, 2.45) is 0 Å². The highest BCUT2D eigenvalue weighted by Crippen LogP contribution is 2.24. The van der Waals surface area contributed by atoms with Crippen LogP contribution in [-0.4, -0.2) is 57.8 Å². The fourth-order valence-electron chi connectivity index (χ4n) is 2.41. The average Bonchev–Trinajstić information content (AvgIpc) is 2.55. The standard InChI is InChI=1S/C14H16N4O4S/c19-14-12(18(20)21)13(15-11-3-1-2-4-17(11)14)23-10-7-16-5-8-22-9-6-16/h1-4H,5-10H2. The van der Waals surface area contributed by atoms with Gasteiger partial charge in [-0.2, -0.15) is 0 Å². The first-order chi connectivity index (χ1) is 11.2. The summed E-state index contributed by atoms with van der Waals surface area (Å²) in [6.07, 6.45) is 1.49. The van der Waals surface area contributed by atoms with Crippen LogP contribution in [0, 0.1) is 10.1 Å². The lowest BCUT2D eigenvalue weighted by molar-refractivity contribution is -0.389. The molecule has 2 aromatic heterocycles. The lowest BCUT2D eigenvalue weighted by atomic mass is 10.4. The van der Waals surface area contributed by atoms with E-state index < -0.39 is 16.2 Å².